The van der Waals surface area contributed by atoms with E-state index >= 15 is 0 Å². The van der Waals surface area contributed by atoms with Crippen LogP contribution in [-0.2, 0) is 0 Å². The second-order valence-electron chi connectivity index (χ2n) is 10.9. The van der Waals surface area contributed by atoms with Gasteiger partial charge in [-0.25, -0.2) is 15.0 Å². The molecule has 0 radical (unpaired) electrons. The number of aromatic nitrogens is 4. The molecule has 0 fully saturated rings. The van der Waals surface area contributed by atoms with Gasteiger partial charge in [0.1, 0.15) is 0 Å². The number of nitrogens with zero attached hydrogens (tertiary/aromatic N) is 4. The molecule has 9 aromatic rings. The molecule has 0 aliphatic heterocycles. The van der Waals surface area contributed by atoms with Crippen LogP contribution in [0.2, 0.25) is 0 Å². The second-order valence-corrected chi connectivity index (χ2v) is 10.9. The standard InChI is InChI=1S/C39H24N4/c1-3-16-33-29(12-1)26-10-9-11-27(24-26)30-13-2-4-17-34(30)39-41-37(40-38(33)42-39)25-20-22-28(23-21-25)43-35-18-7-5-14-31(35)32-15-6-8-19-36(32)43/h1-24H. The molecule has 0 unspecified atom stereocenters. The first kappa shape index (κ1) is 23.8. The molecular formula is C39H24N4. The van der Waals surface area contributed by atoms with Gasteiger partial charge in [0, 0.05) is 32.8 Å². The molecule has 3 heterocycles. The van der Waals surface area contributed by atoms with Gasteiger partial charge in [0.25, 0.3) is 0 Å². The van der Waals surface area contributed by atoms with Gasteiger partial charge >= 0.3 is 0 Å². The molecule has 6 aromatic carbocycles. The van der Waals surface area contributed by atoms with Crippen molar-refractivity contribution in [2.24, 2.45) is 0 Å². The summed E-state index contributed by atoms with van der Waals surface area (Å²) in [6, 6.07) is 51.1. The highest BCUT2D eigenvalue weighted by Gasteiger charge is 2.13. The van der Waals surface area contributed by atoms with E-state index in [1.54, 1.807) is 0 Å². The van der Waals surface area contributed by atoms with Gasteiger partial charge in [0.15, 0.2) is 17.1 Å². The average molecular weight is 549 g/mol. The Hall–Kier alpha value is -5.87. The van der Waals surface area contributed by atoms with Crippen LogP contribution in [0.15, 0.2) is 146 Å². The highest BCUT2D eigenvalue weighted by molar-refractivity contribution is 6.11. The molecule has 0 aliphatic carbocycles. The van der Waals surface area contributed by atoms with E-state index in [1.807, 2.05) is 12.1 Å². The van der Waals surface area contributed by atoms with E-state index in [1.165, 1.54) is 21.8 Å². The molecule has 0 atom stereocenters. The van der Waals surface area contributed by atoms with Crippen molar-refractivity contribution < 1.29 is 0 Å². The maximum Gasteiger partial charge on any atom is 0.164 e. The summed E-state index contributed by atoms with van der Waals surface area (Å²) in [5.41, 5.74) is 5.76. The lowest BCUT2D eigenvalue weighted by Gasteiger charge is -2.10. The van der Waals surface area contributed by atoms with E-state index in [-0.39, 0.29) is 0 Å². The Morgan fingerprint density at radius 1 is 0.372 bits per heavy atom. The molecule has 3 aromatic heterocycles. The van der Waals surface area contributed by atoms with Crippen LogP contribution < -0.4 is 0 Å². The molecule has 4 nitrogen and oxygen atoms in total. The zero-order valence-electron chi connectivity index (χ0n) is 23.1. The summed E-state index contributed by atoms with van der Waals surface area (Å²) in [4.78, 5) is 15.2. The molecule has 0 saturated carbocycles. The maximum absolute atomic E-state index is 5.06. The third kappa shape index (κ3) is 3.74. The van der Waals surface area contributed by atoms with Crippen molar-refractivity contribution in [3.63, 3.8) is 0 Å². The monoisotopic (exact) mass is 548 g/mol. The first-order valence-electron chi connectivity index (χ1n) is 14.5. The quantitative estimate of drug-likeness (QED) is 0.216. The molecule has 43 heavy (non-hydrogen) atoms. The van der Waals surface area contributed by atoms with Gasteiger partial charge in [-0.3, -0.25) is 0 Å². The van der Waals surface area contributed by atoms with Crippen molar-refractivity contribution in [1.29, 1.82) is 0 Å². The van der Waals surface area contributed by atoms with Crippen LogP contribution in [0, 0.1) is 0 Å². The predicted octanol–water partition coefficient (Wildman–Crippen LogP) is 9.81. The van der Waals surface area contributed by atoms with Crippen LogP contribution in [0.1, 0.15) is 0 Å². The van der Waals surface area contributed by atoms with Gasteiger partial charge in [0.05, 0.1) is 11.0 Å². The molecular weight excluding hydrogens is 524 g/mol. The summed E-state index contributed by atoms with van der Waals surface area (Å²) in [6.45, 7) is 0. The molecule has 0 N–H and O–H groups in total. The van der Waals surface area contributed by atoms with Crippen LogP contribution in [-0.4, -0.2) is 19.5 Å². The Bertz CT molecular complexity index is 2410. The normalized spacial score (nSPS) is 11.7. The van der Waals surface area contributed by atoms with Crippen molar-refractivity contribution in [3.8, 4) is 17.1 Å². The lowest BCUT2D eigenvalue weighted by atomic mass is 10.0. The number of benzene rings is 6. The molecule has 4 bridgehead atoms. The van der Waals surface area contributed by atoms with Gasteiger partial charge in [-0.05, 0) is 64.0 Å². The van der Waals surface area contributed by atoms with Crippen LogP contribution in [0.4, 0.5) is 0 Å². The third-order valence-electron chi connectivity index (χ3n) is 8.42. The highest BCUT2D eigenvalue weighted by Crippen LogP contribution is 2.33. The van der Waals surface area contributed by atoms with E-state index in [2.05, 4.69) is 138 Å². The van der Waals surface area contributed by atoms with E-state index in [4.69, 9.17) is 15.0 Å². The van der Waals surface area contributed by atoms with E-state index < -0.39 is 0 Å². The van der Waals surface area contributed by atoms with Gasteiger partial charge in [-0.1, -0.05) is 103 Å². The summed E-state index contributed by atoms with van der Waals surface area (Å²) < 4.78 is 2.32. The summed E-state index contributed by atoms with van der Waals surface area (Å²) in [6.07, 6.45) is 0. The summed E-state index contributed by atoms with van der Waals surface area (Å²) in [5.74, 6) is 0.655. The number of para-hydroxylation sites is 2. The number of rotatable bonds is 2. The second kappa shape index (κ2) is 9.33. The molecule has 0 aliphatic rings. The van der Waals surface area contributed by atoms with Crippen molar-refractivity contribution in [2.45, 2.75) is 0 Å². The van der Waals surface area contributed by atoms with Gasteiger partial charge in [-0.2, -0.15) is 0 Å². The van der Waals surface area contributed by atoms with E-state index in [0.717, 1.165) is 43.6 Å². The molecule has 0 amide bonds. The largest absolute Gasteiger partial charge is 0.309 e. The highest BCUT2D eigenvalue weighted by atomic mass is 15.0. The Morgan fingerprint density at radius 2 is 0.837 bits per heavy atom. The first-order chi connectivity index (χ1) is 21.3. The fourth-order valence-electron chi connectivity index (χ4n) is 6.42. The Labute approximate surface area is 247 Å². The summed E-state index contributed by atoms with van der Waals surface area (Å²) >= 11 is 0. The summed E-state index contributed by atoms with van der Waals surface area (Å²) in [5, 5.41) is 8.97. The Kier molecular flexibility index (Phi) is 5.16. The SMILES string of the molecule is c1cc2cc(c1)c1ccccc1c1nc(-c3ccc(-n4c5ccccc5c5ccccc54)cc3)nc(n1)c1ccccc21. The van der Waals surface area contributed by atoms with Crippen LogP contribution in [0.25, 0.3) is 82.5 Å². The minimum absolute atomic E-state index is 0.655. The topological polar surface area (TPSA) is 43.6 Å². The van der Waals surface area contributed by atoms with Crippen molar-refractivity contribution in [2.75, 3.05) is 0 Å². The molecule has 0 spiro atoms. The van der Waals surface area contributed by atoms with Gasteiger partial charge in [-0.15, -0.1) is 0 Å². The van der Waals surface area contributed by atoms with Gasteiger partial charge in [0.2, 0.25) is 0 Å². The zero-order chi connectivity index (χ0) is 28.3. The van der Waals surface area contributed by atoms with Gasteiger partial charge < -0.3 is 4.57 Å². The van der Waals surface area contributed by atoms with Crippen LogP contribution in [0.3, 0.4) is 0 Å². The fraction of sp³-hybridized carbons (Fsp3) is 0. The lowest BCUT2D eigenvalue weighted by molar-refractivity contribution is 1.16. The zero-order valence-corrected chi connectivity index (χ0v) is 23.1. The fourth-order valence-corrected chi connectivity index (χ4v) is 6.42. The molecule has 9 rings (SSSR count). The minimum atomic E-state index is 0.655. The third-order valence-corrected chi connectivity index (χ3v) is 8.42. The minimum Gasteiger partial charge on any atom is -0.309 e. The number of hydrogen-bond donors (Lipinski definition) is 0. The maximum atomic E-state index is 5.06. The smallest absolute Gasteiger partial charge is 0.164 e. The van der Waals surface area contributed by atoms with E-state index in [0.29, 0.717) is 17.1 Å². The summed E-state index contributed by atoms with van der Waals surface area (Å²) in [7, 11) is 0. The molecule has 4 heteroatoms. The van der Waals surface area contributed by atoms with Crippen molar-refractivity contribution in [1.82, 2.24) is 19.5 Å². The molecule has 200 valence electrons. The van der Waals surface area contributed by atoms with Crippen molar-refractivity contribution in [3.05, 3.63) is 146 Å². The Morgan fingerprint density at radius 3 is 1.37 bits per heavy atom. The average Bonchev–Trinajstić information content (AvgIpc) is 3.42. The first-order valence-corrected chi connectivity index (χ1v) is 14.5. The number of fused-ring (bicyclic) bond motifs is 13. The van der Waals surface area contributed by atoms with Crippen LogP contribution >= 0.6 is 0 Å². The lowest BCUT2D eigenvalue weighted by Crippen LogP contribution is -1.97. The van der Waals surface area contributed by atoms with E-state index in [9.17, 15) is 0 Å². The van der Waals surface area contributed by atoms with Crippen LogP contribution in [0.5, 0.6) is 0 Å². The van der Waals surface area contributed by atoms with Crippen molar-refractivity contribution >= 4 is 65.4 Å². The number of hydrogen-bond acceptors (Lipinski definition) is 3. The Balaban J connectivity index is 1.32. The predicted molar refractivity (Wildman–Crippen MR) is 178 cm³/mol. The molecule has 0 saturated heterocycles.